The fraction of sp³-hybridized carbons (Fsp3) is 0.484. The summed E-state index contributed by atoms with van der Waals surface area (Å²) in [7, 11) is 1.69. The van der Waals surface area contributed by atoms with Crippen molar-refractivity contribution >= 4 is 17.5 Å². The number of nitrogens with zero attached hydrogens (tertiary/aromatic N) is 3. The Hall–Kier alpha value is -3.52. The van der Waals surface area contributed by atoms with E-state index >= 15 is 0 Å². The Morgan fingerprint density at radius 1 is 0.974 bits per heavy atom. The lowest BCUT2D eigenvalue weighted by molar-refractivity contribution is -0.136. The standard InChI is InChI=1S/C31H40N4O4/c1-38-28-12-5-3-10-26(28)34-19-21-35(22-20-34)29(36)24-33-17-14-31(15-18-33)13-7-6-9-25-8-2-4-11-27(25)39-23-16-32-30(31)37/h2-8,10-12H,9,13-24H2,1H3,(H,32,37)/b7-6+. The number of hydrogen-bond donors (Lipinski definition) is 1. The van der Waals surface area contributed by atoms with Gasteiger partial charge in [0.2, 0.25) is 11.8 Å². The van der Waals surface area contributed by atoms with Crippen molar-refractivity contribution in [3.63, 3.8) is 0 Å². The Bertz CT molecular complexity index is 1170. The zero-order chi connectivity index (χ0) is 27.1. The normalized spacial score (nSPS) is 21.1. The summed E-state index contributed by atoms with van der Waals surface area (Å²) in [4.78, 5) is 32.9. The molecule has 208 valence electrons. The van der Waals surface area contributed by atoms with Crippen LogP contribution in [0, 0.1) is 5.41 Å². The van der Waals surface area contributed by atoms with Gasteiger partial charge in [-0.1, -0.05) is 42.5 Å². The van der Waals surface area contributed by atoms with Crippen molar-refractivity contribution in [1.29, 1.82) is 0 Å². The summed E-state index contributed by atoms with van der Waals surface area (Å²) in [5.41, 5.74) is 1.80. The Kier molecular flexibility index (Phi) is 8.71. The van der Waals surface area contributed by atoms with Gasteiger partial charge >= 0.3 is 0 Å². The van der Waals surface area contributed by atoms with E-state index in [0.29, 0.717) is 39.2 Å². The van der Waals surface area contributed by atoms with Gasteiger partial charge in [-0.25, -0.2) is 0 Å². The van der Waals surface area contributed by atoms with Crippen molar-refractivity contribution in [2.24, 2.45) is 5.41 Å². The van der Waals surface area contributed by atoms with Crippen molar-refractivity contribution < 1.29 is 19.1 Å². The highest BCUT2D eigenvalue weighted by Gasteiger charge is 2.40. The number of para-hydroxylation sites is 3. The first-order valence-corrected chi connectivity index (χ1v) is 14.1. The van der Waals surface area contributed by atoms with Crippen LogP contribution in [0.5, 0.6) is 11.5 Å². The molecule has 2 aromatic carbocycles. The third kappa shape index (κ3) is 6.38. The van der Waals surface area contributed by atoms with Crippen LogP contribution in [0.4, 0.5) is 5.69 Å². The molecular formula is C31H40N4O4. The van der Waals surface area contributed by atoms with Crippen molar-refractivity contribution in [3.8, 4) is 11.5 Å². The second kappa shape index (κ2) is 12.6. The number of piperazine rings is 1. The third-order valence-electron chi connectivity index (χ3n) is 8.34. The summed E-state index contributed by atoms with van der Waals surface area (Å²) < 4.78 is 11.5. The number of hydrogen-bond acceptors (Lipinski definition) is 6. The maximum atomic E-state index is 13.3. The molecule has 3 aliphatic heterocycles. The molecule has 5 rings (SSSR count). The molecule has 0 saturated carbocycles. The summed E-state index contributed by atoms with van der Waals surface area (Å²) >= 11 is 0. The highest BCUT2D eigenvalue weighted by atomic mass is 16.5. The zero-order valence-corrected chi connectivity index (χ0v) is 22.9. The molecule has 1 spiro atoms. The first-order chi connectivity index (χ1) is 19.1. The molecule has 0 radical (unpaired) electrons. The van der Waals surface area contributed by atoms with Crippen LogP contribution in [-0.4, -0.2) is 87.7 Å². The van der Waals surface area contributed by atoms with Gasteiger partial charge < -0.3 is 24.6 Å². The molecule has 2 saturated heterocycles. The summed E-state index contributed by atoms with van der Waals surface area (Å²) in [6, 6.07) is 16.1. The Morgan fingerprint density at radius 2 is 1.72 bits per heavy atom. The number of piperidine rings is 1. The molecule has 39 heavy (non-hydrogen) atoms. The molecule has 0 aromatic heterocycles. The van der Waals surface area contributed by atoms with Crippen LogP contribution in [-0.2, 0) is 16.0 Å². The number of anilines is 1. The number of amides is 2. The highest BCUT2D eigenvalue weighted by Crippen LogP contribution is 2.36. The third-order valence-corrected chi connectivity index (χ3v) is 8.34. The van der Waals surface area contributed by atoms with Crippen LogP contribution in [0.1, 0.15) is 24.8 Å². The van der Waals surface area contributed by atoms with Gasteiger partial charge in [-0.05, 0) is 62.5 Å². The Morgan fingerprint density at radius 3 is 2.51 bits per heavy atom. The average molecular weight is 533 g/mol. The van der Waals surface area contributed by atoms with Gasteiger partial charge in [0.1, 0.15) is 18.1 Å². The lowest BCUT2D eigenvalue weighted by Crippen LogP contribution is -2.54. The molecule has 3 heterocycles. The van der Waals surface area contributed by atoms with Gasteiger partial charge in [0.25, 0.3) is 0 Å². The molecule has 8 heteroatoms. The summed E-state index contributed by atoms with van der Waals surface area (Å²) in [5.74, 6) is 2.01. The predicted octanol–water partition coefficient (Wildman–Crippen LogP) is 3.12. The van der Waals surface area contributed by atoms with E-state index in [9.17, 15) is 9.59 Å². The Balaban J connectivity index is 1.14. The molecule has 0 bridgehead atoms. The van der Waals surface area contributed by atoms with Gasteiger partial charge in [-0.3, -0.25) is 14.5 Å². The molecule has 0 aliphatic carbocycles. The second-order valence-electron chi connectivity index (χ2n) is 10.7. The van der Waals surface area contributed by atoms with E-state index in [2.05, 4.69) is 39.4 Å². The van der Waals surface area contributed by atoms with Crippen molar-refractivity contribution in [2.75, 3.05) is 71.0 Å². The van der Waals surface area contributed by atoms with E-state index in [1.807, 2.05) is 41.3 Å². The fourth-order valence-corrected chi connectivity index (χ4v) is 5.89. The van der Waals surface area contributed by atoms with Crippen LogP contribution in [0.3, 0.4) is 0 Å². The van der Waals surface area contributed by atoms with Crippen LogP contribution in [0.15, 0.2) is 60.7 Å². The van der Waals surface area contributed by atoms with E-state index < -0.39 is 5.41 Å². The first kappa shape index (κ1) is 27.1. The van der Waals surface area contributed by atoms with E-state index in [4.69, 9.17) is 9.47 Å². The van der Waals surface area contributed by atoms with Gasteiger partial charge in [0, 0.05) is 26.2 Å². The Labute approximate surface area is 231 Å². The minimum absolute atomic E-state index is 0.100. The van der Waals surface area contributed by atoms with Gasteiger partial charge in [-0.15, -0.1) is 0 Å². The average Bonchev–Trinajstić information content (AvgIpc) is 2.98. The monoisotopic (exact) mass is 532 g/mol. The largest absolute Gasteiger partial charge is 0.495 e. The molecule has 3 aliphatic rings. The minimum Gasteiger partial charge on any atom is -0.495 e. The maximum Gasteiger partial charge on any atom is 0.236 e. The van der Waals surface area contributed by atoms with E-state index in [1.54, 1.807) is 7.11 Å². The van der Waals surface area contributed by atoms with Crippen LogP contribution in [0.25, 0.3) is 0 Å². The van der Waals surface area contributed by atoms with Crippen LogP contribution in [0.2, 0.25) is 0 Å². The van der Waals surface area contributed by atoms with E-state index in [1.165, 1.54) is 0 Å². The molecular weight excluding hydrogens is 492 g/mol. The molecule has 2 fully saturated rings. The zero-order valence-electron chi connectivity index (χ0n) is 22.9. The lowest BCUT2D eigenvalue weighted by Gasteiger charge is -2.41. The number of carbonyl (C=O) groups excluding carboxylic acids is 2. The van der Waals surface area contributed by atoms with Crippen molar-refractivity contribution in [2.45, 2.75) is 25.7 Å². The van der Waals surface area contributed by atoms with E-state index in [0.717, 1.165) is 68.2 Å². The van der Waals surface area contributed by atoms with Gasteiger partial charge in [0.15, 0.2) is 0 Å². The molecule has 0 atom stereocenters. The smallest absolute Gasteiger partial charge is 0.236 e. The molecule has 2 aromatic rings. The molecule has 0 unspecified atom stereocenters. The first-order valence-electron chi connectivity index (χ1n) is 14.1. The number of rotatable bonds is 4. The second-order valence-corrected chi connectivity index (χ2v) is 10.7. The number of benzene rings is 2. The lowest BCUT2D eigenvalue weighted by atomic mass is 9.74. The van der Waals surface area contributed by atoms with E-state index in [-0.39, 0.29) is 11.8 Å². The minimum atomic E-state index is -0.435. The summed E-state index contributed by atoms with van der Waals surface area (Å²) in [6.07, 6.45) is 7.30. The van der Waals surface area contributed by atoms with Crippen LogP contribution < -0.4 is 19.7 Å². The number of allylic oxidation sites excluding steroid dienone is 2. The molecule has 1 N–H and O–H groups in total. The number of fused-ring (bicyclic) bond motifs is 1. The quantitative estimate of drug-likeness (QED) is 0.610. The van der Waals surface area contributed by atoms with Gasteiger partial charge in [-0.2, -0.15) is 0 Å². The topological polar surface area (TPSA) is 74.3 Å². The van der Waals surface area contributed by atoms with Gasteiger partial charge in [0.05, 0.1) is 31.3 Å². The maximum absolute atomic E-state index is 13.3. The highest BCUT2D eigenvalue weighted by molar-refractivity contribution is 5.83. The number of carbonyl (C=O) groups is 2. The van der Waals surface area contributed by atoms with Crippen molar-refractivity contribution in [3.05, 3.63) is 66.2 Å². The predicted molar refractivity (Wildman–Crippen MR) is 152 cm³/mol. The number of nitrogens with one attached hydrogen (secondary N) is 1. The fourth-order valence-electron chi connectivity index (χ4n) is 5.89. The number of ether oxygens (including phenoxy) is 2. The number of methoxy groups -OCH3 is 1. The van der Waals surface area contributed by atoms with Crippen LogP contribution >= 0.6 is 0 Å². The summed E-state index contributed by atoms with van der Waals surface area (Å²) in [6.45, 7) is 5.81. The van der Waals surface area contributed by atoms with Crippen molar-refractivity contribution in [1.82, 2.24) is 15.1 Å². The number of likely N-dealkylation sites (tertiary alicyclic amines) is 1. The molecule has 2 amide bonds. The molecule has 8 nitrogen and oxygen atoms in total. The summed E-state index contributed by atoms with van der Waals surface area (Å²) in [5, 5.41) is 3.12. The SMILES string of the molecule is COc1ccccc1N1CCN(C(=O)CN2CCC3(C/C=C/Cc4ccccc4OCCNC3=O)CC2)CC1.